The van der Waals surface area contributed by atoms with E-state index in [1.807, 2.05) is 0 Å². The summed E-state index contributed by atoms with van der Waals surface area (Å²) in [5.74, 6) is -0.299. The first-order valence-electron chi connectivity index (χ1n) is 7.21. The van der Waals surface area contributed by atoms with Crippen LogP contribution in [-0.2, 0) is 14.6 Å². The summed E-state index contributed by atoms with van der Waals surface area (Å²) in [4.78, 5) is 24.3. The summed E-state index contributed by atoms with van der Waals surface area (Å²) < 4.78 is 28.5. The third kappa shape index (κ3) is 3.84. The lowest BCUT2D eigenvalue weighted by Gasteiger charge is -2.33. The zero-order valence-corrected chi connectivity index (χ0v) is 15.0. The van der Waals surface area contributed by atoms with Gasteiger partial charge in [-0.1, -0.05) is 0 Å². The Morgan fingerprint density at radius 3 is 2.42 bits per heavy atom. The zero-order valence-electron chi connectivity index (χ0n) is 13.4. The van der Waals surface area contributed by atoms with Crippen LogP contribution in [0.4, 0.5) is 0 Å². The van der Waals surface area contributed by atoms with Gasteiger partial charge < -0.3 is 15.2 Å². The molecule has 1 aliphatic rings. The van der Waals surface area contributed by atoms with E-state index in [2.05, 4.69) is 5.32 Å². The van der Waals surface area contributed by atoms with Gasteiger partial charge in [-0.15, -0.1) is 0 Å². The van der Waals surface area contributed by atoms with Crippen LogP contribution in [-0.4, -0.2) is 55.8 Å². The number of ether oxygens (including phenoxy) is 1. The minimum atomic E-state index is -3.50. The van der Waals surface area contributed by atoms with Crippen molar-refractivity contribution in [2.24, 2.45) is 0 Å². The van der Waals surface area contributed by atoms with E-state index in [1.54, 1.807) is 11.8 Å². The van der Waals surface area contributed by atoms with Crippen LogP contribution in [0.15, 0.2) is 23.1 Å². The normalized spacial score (nSPS) is 17.1. The molecule has 132 valence electrons. The maximum absolute atomic E-state index is 12.6. The molecule has 0 radical (unpaired) electrons. The zero-order chi connectivity index (χ0) is 18.0. The summed E-state index contributed by atoms with van der Waals surface area (Å²) in [5.41, 5.74) is -1.34. The summed E-state index contributed by atoms with van der Waals surface area (Å²) in [6.45, 7) is 0. The Bertz CT molecular complexity index is 753. The quantitative estimate of drug-likeness (QED) is 0.797. The summed E-state index contributed by atoms with van der Waals surface area (Å²) in [6.07, 6.45) is 1.66. The number of amides is 1. The average molecular weight is 373 g/mol. The minimum Gasteiger partial charge on any atom is -0.496 e. The largest absolute Gasteiger partial charge is 0.496 e. The highest BCUT2D eigenvalue weighted by molar-refractivity contribution is 7.99. The molecule has 0 spiro atoms. The van der Waals surface area contributed by atoms with Crippen molar-refractivity contribution in [3.8, 4) is 5.75 Å². The number of thioether (sulfide) groups is 1. The lowest BCUT2D eigenvalue weighted by Crippen LogP contribution is -2.56. The van der Waals surface area contributed by atoms with Crippen LogP contribution in [0.5, 0.6) is 5.75 Å². The molecule has 1 aromatic carbocycles. The molecule has 1 fully saturated rings. The predicted octanol–water partition coefficient (Wildman–Crippen LogP) is 1.18. The number of aliphatic carboxylic acids is 1. The van der Waals surface area contributed by atoms with E-state index in [0.29, 0.717) is 24.3 Å². The number of benzene rings is 1. The highest BCUT2D eigenvalue weighted by atomic mass is 32.2. The maximum Gasteiger partial charge on any atom is 0.329 e. The van der Waals surface area contributed by atoms with Crippen LogP contribution in [0.3, 0.4) is 0 Å². The Labute approximate surface area is 144 Å². The molecule has 1 amide bonds. The lowest BCUT2D eigenvalue weighted by molar-refractivity contribution is -0.144. The molecular weight excluding hydrogens is 354 g/mol. The van der Waals surface area contributed by atoms with Gasteiger partial charge >= 0.3 is 5.97 Å². The van der Waals surface area contributed by atoms with E-state index in [1.165, 1.54) is 25.3 Å². The molecule has 0 bridgehead atoms. The number of carbonyl (C=O) groups is 2. The Balaban J connectivity index is 2.39. The fourth-order valence-electron chi connectivity index (χ4n) is 2.49. The van der Waals surface area contributed by atoms with Crippen LogP contribution in [0.1, 0.15) is 23.2 Å². The van der Waals surface area contributed by atoms with Crippen molar-refractivity contribution in [3.05, 3.63) is 23.8 Å². The van der Waals surface area contributed by atoms with Crippen LogP contribution in [0.25, 0.3) is 0 Å². The number of hydrogen-bond donors (Lipinski definition) is 2. The second-order valence-electron chi connectivity index (χ2n) is 5.59. The van der Waals surface area contributed by atoms with Gasteiger partial charge in [0.2, 0.25) is 0 Å². The number of nitrogens with one attached hydrogen (secondary N) is 1. The number of hydrogen-bond acceptors (Lipinski definition) is 6. The summed E-state index contributed by atoms with van der Waals surface area (Å²) >= 11 is 1.63. The van der Waals surface area contributed by atoms with Crippen molar-refractivity contribution >= 4 is 33.5 Å². The SMILES string of the molecule is COc1ccc(S(C)(=O)=O)cc1C(=O)NC1(C(=O)O)CCSCC1. The van der Waals surface area contributed by atoms with E-state index in [-0.39, 0.29) is 16.2 Å². The number of sulfone groups is 1. The molecule has 0 aromatic heterocycles. The van der Waals surface area contributed by atoms with Gasteiger partial charge in [0.15, 0.2) is 9.84 Å². The van der Waals surface area contributed by atoms with Crippen molar-refractivity contribution in [1.29, 1.82) is 0 Å². The second-order valence-corrected chi connectivity index (χ2v) is 8.83. The summed E-state index contributed by atoms with van der Waals surface area (Å²) in [7, 11) is -2.15. The highest BCUT2D eigenvalue weighted by Crippen LogP contribution is 2.29. The summed E-state index contributed by atoms with van der Waals surface area (Å²) in [5, 5.41) is 12.1. The number of methoxy groups -OCH3 is 1. The van der Waals surface area contributed by atoms with Gasteiger partial charge in [0.1, 0.15) is 11.3 Å². The molecule has 0 atom stereocenters. The first-order chi connectivity index (χ1) is 11.2. The van der Waals surface area contributed by atoms with E-state index >= 15 is 0 Å². The van der Waals surface area contributed by atoms with Gasteiger partial charge in [0.25, 0.3) is 5.91 Å². The Morgan fingerprint density at radius 1 is 1.29 bits per heavy atom. The molecule has 1 aromatic rings. The Kier molecular flexibility index (Phi) is 5.44. The van der Waals surface area contributed by atoms with Crippen molar-refractivity contribution in [2.45, 2.75) is 23.3 Å². The summed E-state index contributed by atoms with van der Waals surface area (Å²) in [6, 6.07) is 3.93. The topological polar surface area (TPSA) is 110 Å². The number of carboxylic acid groups (broad SMARTS) is 1. The van der Waals surface area contributed by atoms with Gasteiger partial charge in [-0.25, -0.2) is 13.2 Å². The smallest absolute Gasteiger partial charge is 0.329 e. The monoisotopic (exact) mass is 373 g/mol. The van der Waals surface area contributed by atoms with Crippen molar-refractivity contribution in [3.63, 3.8) is 0 Å². The van der Waals surface area contributed by atoms with Gasteiger partial charge in [-0.05, 0) is 42.5 Å². The Morgan fingerprint density at radius 2 is 1.92 bits per heavy atom. The predicted molar refractivity (Wildman–Crippen MR) is 90.5 cm³/mol. The highest BCUT2D eigenvalue weighted by Gasteiger charge is 2.41. The molecule has 7 nitrogen and oxygen atoms in total. The fourth-order valence-corrected chi connectivity index (χ4v) is 4.33. The number of carbonyl (C=O) groups excluding carboxylic acids is 1. The maximum atomic E-state index is 12.6. The van der Waals surface area contributed by atoms with Gasteiger partial charge in [-0.2, -0.15) is 11.8 Å². The third-order valence-corrected chi connectivity index (χ3v) is 6.05. The second kappa shape index (κ2) is 7.02. The average Bonchev–Trinajstić information content (AvgIpc) is 2.54. The minimum absolute atomic E-state index is 0.000670. The lowest BCUT2D eigenvalue weighted by atomic mass is 9.91. The van der Waals surface area contributed by atoms with Crippen LogP contribution in [0.2, 0.25) is 0 Å². The van der Waals surface area contributed by atoms with Gasteiger partial charge in [0, 0.05) is 6.26 Å². The van der Waals surface area contributed by atoms with E-state index in [0.717, 1.165) is 6.26 Å². The molecule has 24 heavy (non-hydrogen) atoms. The number of carboxylic acids is 1. The molecule has 1 heterocycles. The molecule has 2 N–H and O–H groups in total. The first-order valence-corrected chi connectivity index (χ1v) is 10.3. The fraction of sp³-hybridized carbons (Fsp3) is 0.467. The molecule has 2 rings (SSSR count). The van der Waals surface area contributed by atoms with Gasteiger partial charge in [0.05, 0.1) is 17.6 Å². The van der Waals surface area contributed by atoms with Crippen molar-refractivity contribution < 1.29 is 27.9 Å². The van der Waals surface area contributed by atoms with Crippen LogP contribution in [0, 0.1) is 0 Å². The molecule has 0 aliphatic carbocycles. The van der Waals surface area contributed by atoms with Crippen molar-refractivity contribution in [1.82, 2.24) is 5.32 Å². The molecular formula is C15H19NO6S2. The molecule has 0 unspecified atom stereocenters. The van der Waals surface area contributed by atoms with Gasteiger partial charge in [-0.3, -0.25) is 4.79 Å². The third-order valence-electron chi connectivity index (χ3n) is 3.95. The molecule has 9 heteroatoms. The van der Waals surface area contributed by atoms with E-state index < -0.39 is 27.3 Å². The van der Waals surface area contributed by atoms with Crippen molar-refractivity contribution in [2.75, 3.05) is 24.9 Å². The standard InChI is InChI=1S/C15H19NO6S2/c1-22-12-4-3-10(24(2,20)21)9-11(12)13(17)16-15(14(18)19)5-7-23-8-6-15/h3-4,9H,5-8H2,1-2H3,(H,16,17)(H,18,19). The first kappa shape index (κ1) is 18.6. The Hall–Kier alpha value is -1.74. The van der Waals surface area contributed by atoms with Crippen LogP contribution < -0.4 is 10.1 Å². The van der Waals surface area contributed by atoms with Crippen LogP contribution >= 0.6 is 11.8 Å². The molecule has 1 aliphatic heterocycles. The number of rotatable bonds is 5. The van der Waals surface area contributed by atoms with E-state index in [9.17, 15) is 23.1 Å². The molecule has 1 saturated heterocycles. The van der Waals surface area contributed by atoms with E-state index in [4.69, 9.17) is 4.74 Å². The molecule has 0 saturated carbocycles.